The van der Waals surface area contributed by atoms with Crippen LogP contribution in [-0.2, 0) is 14.3 Å². The molecule has 196 valence electrons. The van der Waals surface area contributed by atoms with Gasteiger partial charge in [0.1, 0.15) is 30.8 Å². The van der Waals surface area contributed by atoms with E-state index in [9.17, 15) is 9.90 Å². The molecule has 0 spiro atoms. The summed E-state index contributed by atoms with van der Waals surface area (Å²) < 4.78 is 13.0. The number of unbranched alkanes of at least 4 members (excludes halogenated alkanes) is 12. The van der Waals surface area contributed by atoms with Crippen LogP contribution in [0.1, 0.15) is 109 Å². The van der Waals surface area contributed by atoms with Crippen molar-refractivity contribution >= 4 is 23.0 Å². The standard InChI is InChI=1S/C26H43N5O4/c1-2-3-4-5-6-7-8-9-10-11-12-13-14-15-23(33)34-17-21-20(32)16-22(35-21)31-19-30-24-25(27)28-18-29-26(24)31/h18-22,32H,2-17H2,1H3,(H2,27,28,29)/t20-,21+,22?/m0/s1. The number of nitrogen functional groups attached to an aromatic ring is 1. The maximum atomic E-state index is 12.1. The average molecular weight is 490 g/mol. The topological polar surface area (TPSA) is 125 Å². The Labute approximate surface area is 208 Å². The fourth-order valence-corrected chi connectivity index (χ4v) is 4.65. The summed E-state index contributed by atoms with van der Waals surface area (Å²) in [5, 5.41) is 10.4. The van der Waals surface area contributed by atoms with Gasteiger partial charge in [0, 0.05) is 12.8 Å². The van der Waals surface area contributed by atoms with Crippen molar-refractivity contribution in [1.82, 2.24) is 19.5 Å². The second-order valence-electron chi connectivity index (χ2n) is 9.69. The average Bonchev–Trinajstić information content (AvgIpc) is 3.44. The Morgan fingerprint density at radius 3 is 2.31 bits per heavy atom. The highest BCUT2D eigenvalue weighted by Gasteiger charge is 2.36. The molecule has 3 rings (SSSR count). The van der Waals surface area contributed by atoms with Crippen molar-refractivity contribution < 1.29 is 19.4 Å². The second kappa shape index (κ2) is 15.0. The number of esters is 1. The van der Waals surface area contributed by atoms with Crippen molar-refractivity contribution in [2.45, 2.75) is 122 Å². The van der Waals surface area contributed by atoms with Crippen LogP contribution in [0.2, 0.25) is 0 Å². The van der Waals surface area contributed by atoms with Crippen LogP contribution in [0.3, 0.4) is 0 Å². The summed E-state index contributed by atoms with van der Waals surface area (Å²) >= 11 is 0. The van der Waals surface area contributed by atoms with E-state index in [2.05, 4.69) is 21.9 Å². The molecule has 35 heavy (non-hydrogen) atoms. The highest BCUT2D eigenvalue weighted by atomic mass is 16.6. The number of carbonyl (C=O) groups excluding carboxylic acids is 1. The number of ether oxygens (including phenoxy) is 2. The summed E-state index contributed by atoms with van der Waals surface area (Å²) in [5.74, 6) is 0.0619. The van der Waals surface area contributed by atoms with Crippen molar-refractivity contribution in [1.29, 1.82) is 0 Å². The van der Waals surface area contributed by atoms with Crippen molar-refractivity contribution in [3.05, 3.63) is 12.7 Å². The molecule has 0 radical (unpaired) electrons. The van der Waals surface area contributed by atoms with Crippen molar-refractivity contribution in [2.24, 2.45) is 0 Å². The molecular weight excluding hydrogens is 446 g/mol. The predicted octanol–water partition coefficient (Wildman–Crippen LogP) is 5.08. The Morgan fingerprint density at radius 1 is 1.03 bits per heavy atom. The zero-order valence-electron chi connectivity index (χ0n) is 21.2. The predicted molar refractivity (Wildman–Crippen MR) is 136 cm³/mol. The van der Waals surface area contributed by atoms with Crippen LogP contribution in [0.15, 0.2) is 12.7 Å². The summed E-state index contributed by atoms with van der Waals surface area (Å²) in [7, 11) is 0. The van der Waals surface area contributed by atoms with Crippen LogP contribution >= 0.6 is 0 Å². The third-order valence-electron chi connectivity index (χ3n) is 6.79. The van der Waals surface area contributed by atoms with E-state index in [-0.39, 0.29) is 12.6 Å². The Morgan fingerprint density at radius 2 is 1.66 bits per heavy atom. The van der Waals surface area contributed by atoms with Gasteiger partial charge in [-0.15, -0.1) is 0 Å². The van der Waals surface area contributed by atoms with E-state index in [0.29, 0.717) is 29.8 Å². The first-order valence-corrected chi connectivity index (χ1v) is 13.5. The molecule has 3 N–H and O–H groups in total. The van der Waals surface area contributed by atoms with Gasteiger partial charge in [-0.2, -0.15) is 0 Å². The summed E-state index contributed by atoms with van der Waals surface area (Å²) in [6.07, 6.45) is 18.5. The number of anilines is 1. The van der Waals surface area contributed by atoms with Gasteiger partial charge in [-0.3, -0.25) is 9.36 Å². The molecule has 2 aromatic heterocycles. The molecule has 1 saturated heterocycles. The molecule has 0 amide bonds. The molecule has 9 heteroatoms. The first kappa shape index (κ1) is 27.3. The zero-order valence-corrected chi connectivity index (χ0v) is 21.2. The maximum Gasteiger partial charge on any atom is 0.305 e. The van der Waals surface area contributed by atoms with Crippen LogP contribution in [-0.4, -0.2) is 49.4 Å². The highest BCUT2D eigenvalue weighted by molar-refractivity contribution is 5.81. The fourth-order valence-electron chi connectivity index (χ4n) is 4.65. The molecule has 1 unspecified atom stereocenters. The lowest BCUT2D eigenvalue weighted by atomic mass is 10.0. The van der Waals surface area contributed by atoms with Crippen molar-refractivity contribution in [3.63, 3.8) is 0 Å². The fraction of sp³-hybridized carbons (Fsp3) is 0.769. The van der Waals surface area contributed by atoms with Crippen LogP contribution in [0.4, 0.5) is 5.82 Å². The lowest BCUT2D eigenvalue weighted by Crippen LogP contribution is -2.27. The van der Waals surface area contributed by atoms with Crippen LogP contribution in [0.5, 0.6) is 0 Å². The van der Waals surface area contributed by atoms with Gasteiger partial charge in [0.05, 0.1) is 12.4 Å². The number of fused-ring (bicyclic) bond motifs is 1. The van der Waals surface area contributed by atoms with Gasteiger partial charge in [0.25, 0.3) is 0 Å². The minimum absolute atomic E-state index is 0.0404. The van der Waals surface area contributed by atoms with E-state index >= 15 is 0 Å². The monoisotopic (exact) mass is 489 g/mol. The summed E-state index contributed by atoms with van der Waals surface area (Å²) in [5.41, 5.74) is 6.89. The number of aromatic nitrogens is 4. The molecule has 0 bridgehead atoms. The van der Waals surface area contributed by atoms with E-state index in [1.807, 2.05) is 0 Å². The van der Waals surface area contributed by atoms with Crippen molar-refractivity contribution in [3.8, 4) is 0 Å². The number of imidazole rings is 1. The molecule has 1 aliphatic heterocycles. The summed E-state index contributed by atoms with van der Waals surface area (Å²) in [6, 6.07) is 0. The number of hydrogen-bond acceptors (Lipinski definition) is 8. The minimum Gasteiger partial charge on any atom is -0.463 e. The third kappa shape index (κ3) is 8.72. The number of nitrogens with zero attached hydrogens (tertiary/aromatic N) is 4. The molecule has 0 aromatic carbocycles. The molecule has 1 fully saturated rings. The van der Waals surface area contributed by atoms with Crippen molar-refractivity contribution in [2.75, 3.05) is 12.3 Å². The first-order valence-electron chi connectivity index (χ1n) is 13.5. The number of rotatable bonds is 17. The number of nitrogens with two attached hydrogens (primary N) is 1. The largest absolute Gasteiger partial charge is 0.463 e. The van der Waals surface area contributed by atoms with Gasteiger partial charge in [-0.25, -0.2) is 15.0 Å². The van der Waals surface area contributed by atoms with Crippen LogP contribution in [0.25, 0.3) is 11.2 Å². The zero-order chi connectivity index (χ0) is 24.9. The number of carbonyl (C=O) groups is 1. The van der Waals surface area contributed by atoms with Gasteiger partial charge in [-0.1, -0.05) is 84.0 Å². The Balaban J connectivity index is 1.22. The van der Waals surface area contributed by atoms with E-state index in [1.54, 1.807) is 10.9 Å². The van der Waals surface area contributed by atoms with Gasteiger partial charge < -0.3 is 20.3 Å². The molecule has 3 heterocycles. The highest BCUT2D eigenvalue weighted by Crippen LogP contribution is 2.31. The molecule has 3 atom stereocenters. The summed E-state index contributed by atoms with van der Waals surface area (Å²) in [6.45, 7) is 2.30. The smallest absolute Gasteiger partial charge is 0.305 e. The minimum atomic E-state index is -0.735. The Bertz CT molecular complexity index is 890. The quantitative estimate of drug-likeness (QED) is 0.233. The summed E-state index contributed by atoms with van der Waals surface area (Å²) in [4.78, 5) is 24.5. The van der Waals surface area contributed by atoms with Gasteiger partial charge >= 0.3 is 5.97 Å². The maximum absolute atomic E-state index is 12.1. The van der Waals surface area contributed by atoms with E-state index in [1.165, 1.54) is 77.0 Å². The number of aliphatic hydroxyl groups excluding tert-OH is 1. The first-order chi connectivity index (χ1) is 17.1. The van der Waals surface area contributed by atoms with Gasteiger partial charge in [0.15, 0.2) is 11.5 Å². The molecular formula is C26H43N5O4. The Kier molecular flexibility index (Phi) is 11.7. The third-order valence-corrected chi connectivity index (χ3v) is 6.79. The lowest BCUT2D eigenvalue weighted by molar-refractivity contribution is -0.150. The number of aliphatic hydroxyl groups is 1. The SMILES string of the molecule is CCCCCCCCCCCCCCCC(=O)OC[C@H]1OC(n2cnc3c(N)ncnc32)C[C@@H]1O. The van der Waals surface area contributed by atoms with Gasteiger partial charge in [-0.05, 0) is 6.42 Å². The molecule has 0 aliphatic carbocycles. The lowest BCUT2D eigenvalue weighted by Gasteiger charge is -2.16. The molecule has 0 saturated carbocycles. The Hall–Kier alpha value is -2.26. The molecule has 1 aliphatic rings. The van der Waals surface area contributed by atoms with E-state index < -0.39 is 18.4 Å². The second-order valence-corrected chi connectivity index (χ2v) is 9.69. The van der Waals surface area contributed by atoms with E-state index in [0.717, 1.165) is 12.8 Å². The van der Waals surface area contributed by atoms with E-state index in [4.69, 9.17) is 15.2 Å². The number of hydrogen-bond donors (Lipinski definition) is 2. The molecule has 2 aromatic rings. The van der Waals surface area contributed by atoms with Gasteiger partial charge in [0.2, 0.25) is 0 Å². The normalized spacial score (nSPS) is 20.0. The van der Waals surface area contributed by atoms with Crippen LogP contribution < -0.4 is 5.73 Å². The molecule has 9 nitrogen and oxygen atoms in total. The van der Waals surface area contributed by atoms with Crippen LogP contribution in [0, 0.1) is 0 Å².